The minimum absolute atomic E-state index is 0.934. The lowest BCUT2D eigenvalue weighted by Crippen LogP contribution is -2.10. The summed E-state index contributed by atoms with van der Waals surface area (Å²) in [5.74, 6) is 0. The Morgan fingerprint density at radius 2 is 1.16 bits per heavy atom. The van der Waals surface area contributed by atoms with Gasteiger partial charge >= 0.3 is 0 Å². The Bertz CT molecular complexity index is 2040. The highest BCUT2D eigenvalue weighted by molar-refractivity contribution is 5.81. The molecule has 7 rings (SSSR count). The molecule has 0 unspecified atom stereocenters. The van der Waals surface area contributed by atoms with Crippen molar-refractivity contribution in [3.05, 3.63) is 150 Å². The van der Waals surface area contributed by atoms with Gasteiger partial charge < -0.3 is 14.0 Å². The molecule has 5 nitrogen and oxygen atoms in total. The standard InChI is InChI=1S/C40H37N5/c1-28-12-8-13-29(2)39(28)43-24-37(41-26-43)32-16-10-20-35(22-32)45(34-18-6-5-7-19-34)36-21-11-17-33(23-36)38-25-44(27-42-38)40-30(3)14-9-15-31(40)4/h5-8,10-14,16-27H,9,15H2,1-4H3. The zero-order valence-corrected chi connectivity index (χ0v) is 26.3. The highest BCUT2D eigenvalue weighted by Crippen LogP contribution is 2.38. The highest BCUT2D eigenvalue weighted by Gasteiger charge is 2.17. The van der Waals surface area contributed by atoms with Crippen molar-refractivity contribution in [3.8, 4) is 28.2 Å². The Labute approximate surface area is 265 Å². The molecular weight excluding hydrogens is 550 g/mol. The fraction of sp³-hybridized carbons (Fsp3) is 0.150. The predicted octanol–water partition coefficient (Wildman–Crippen LogP) is 10.5. The smallest absolute Gasteiger partial charge is 0.0999 e. The molecule has 0 saturated carbocycles. The Morgan fingerprint density at radius 1 is 0.600 bits per heavy atom. The molecule has 2 aromatic heterocycles. The second-order valence-corrected chi connectivity index (χ2v) is 11.9. The predicted molar refractivity (Wildman–Crippen MR) is 186 cm³/mol. The summed E-state index contributed by atoms with van der Waals surface area (Å²) in [4.78, 5) is 12.0. The van der Waals surface area contributed by atoms with E-state index in [-0.39, 0.29) is 0 Å². The van der Waals surface area contributed by atoms with Crippen molar-refractivity contribution in [3.63, 3.8) is 0 Å². The fourth-order valence-corrected chi connectivity index (χ4v) is 6.52. The molecule has 2 heterocycles. The summed E-state index contributed by atoms with van der Waals surface area (Å²) < 4.78 is 4.31. The molecule has 0 N–H and O–H groups in total. The molecule has 0 bridgehead atoms. The first kappa shape index (κ1) is 28.4. The third-order valence-corrected chi connectivity index (χ3v) is 8.68. The average Bonchev–Trinajstić information content (AvgIpc) is 3.73. The first-order valence-electron chi connectivity index (χ1n) is 15.5. The van der Waals surface area contributed by atoms with Crippen LogP contribution in [0.1, 0.15) is 37.8 Å². The number of benzene rings is 4. The van der Waals surface area contributed by atoms with E-state index in [0.29, 0.717) is 0 Å². The summed E-state index contributed by atoms with van der Waals surface area (Å²) in [6.45, 7) is 8.71. The third-order valence-electron chi connectivity index (χ3n) is 8.68. The van der Waals surface area contributed by atoms with Crippen molar-refractivity contribution in [1.82, 2.24) is 19.1 Å². The van der Waals surface area contributed by atoms with Gasteiger partial charge in [0.15, 0.2) is 0 Å². The van der Waals surface area contributed by atoms with Crippen molar-refractivity contribution in [2.45, 2.75) is 40.5 Å². The van der Waals surface area contributed by atoms with Gasteiger partial charge in [-0.15, -0.1) is 0 Å². The van der Waals surface area contributed by atoms with Crippen LogP contribution in [0.3, 0.4) is 0 Å². The summed E-state index contributed by atoms with van der Waals surface area (Å²) in [6, 6.07) is 34.2. The van der Waals surface area contributed by atoms with Crippen LogP contribution in [0.2, 0.25) is 0 Å². The van der Waals surface area contributed by atoms with Crippen molar-refractivity contribution < 1.29 is 0 Å². The van der Waals surface area contributed by atoms with Crippen LogP contribution in [0.25, 0.3) is 33.9 Å². The lowest BCUT2D eigenvalue weighted by atomic mass is 9.98. The molecule has 0 saturated heterocycles. The molecule has 1 aliphatic carbocycles. The van der Waals surface area contributed by atoms with Crippen LogP contribution in [-0.4, -0.2) is 19.1 Å². The second-order valence-electron chi connectivity index (χ2n) is 11.9. The normalized spacial score (nSPS) is 13.2. The van der Waals surface area contributed by atoms with Gasteiger partial charge in [-0.3, -0.25) is 0 Å². The van der Waals surface area contributed by atoms with Crippen LogP contribution in [0.15, 0.2) is 139 Å². The molecule has 0 radical (unpaired) electrons. The quantitative estimate of drug-likeness (QED) is 0.186. The van der Waals surface area contributed by atoms with Gasteiger partial charge in [-0.2, -0.15) is 0 Å². The van der Waals surface area contributed by atoms with Crippen LogP contribution < -0.4 is 4.90 Å². The number of nitrogens with zero attached hydrogens (tertiary/aromatic N) is 5. The zero-order valence-electron chi connectivity index (χ0n) is 26.3. The Morgan fingerprint density at radius 3 is 1.78 bits per heavy atom. The summed E-state index contributed by atoms with van der Waals surface area (Å²) in [6.07, 6.45) is 12.7. The van der Waals surface area contributed by atoms with Crippen LogP contribution in [-0.2, 0) is 0 Å². The first-order valence-corrected chi connectivity index (χ1v) is 15.5. The third kappa shape index (κ3) is 5.53. The van der Waals surface area contributed by atoms with Crippen molar-refractivity contribution in [2.75, 3.05) is 4.90 Å². The second kappa shape index (κ2) is 11.9. The minimum atomic E-state index is 0.934. The maximum absolute atomic E-state index is 4.84. The van der Waals surface area contributed by atoms with E-state index in [0.717, 1.165) is 52.4 Å². The molecule has 0 amide bonds. The lowest BCUT2D eigenvalue weighted by molar-refractivity contribution is 0.913. The topological polar surface area (TPSA) is 38.9 Å². The maximum Gasteiger partial charge on any atom is 0.0999 e. The van der Waals surface area contributed by atoms with Crippen LogP contribution in [0.4, 0.5) is 17.1 Å². The van der Waals surface area contributed by atoms with Crippen LogP contribution in [0, 0.1) is 13.8 Å². The summed E-state index contributed by atoms with van der Waals surface area (Å²) in [5, 5.41) is 0. The van der Waals surface area contributed by atoms with E-state index in [4.69, 9.17) is 9.97 Å². The van der Waals surface area contributed by atoms with Gasteiger partial charge in [0, 0.05) is 46.3 Å². The summed E-state index contributed by atoms with van der Waals surface area (Å²) in [5.41, 5.74) is 14.8. The molecule has 222 valence electrons. The Balaban J connectivity index is 1.26. The molecule has 5 heteroatoms. The number of hydrogen-bond donors (Lipinski definition) is 0. The highest BCUT2D eigenvalue weighted by atomic mass is 15.1. The number of imidazole rings is 2. The molecular formula is C40H37N5. The average molecular weight is 588 g/mol. The van der Waals surface area contributed by atoms with Gasteiger partial charge in [-0.1, -0.05) is 66.7 Å². The molecule has 45 heavy (non-hydrogen) atoms. The first-order chi connectivity index (χ1) is 22.0. The van der Waals surface area contributed by atoms with Gasteiger partial charge in [0.2, 0.25) is 0 Å². The van der Waals surface area contributed by atoms with E-state index in [1.54, 1.807) is 0 Å². The number of aromatic nitrogens is 4. The van der Waals surface area contributed by atoms with E-state index in [1.807, 2.05) is 12.7 Å². The van der Waals surface area contributed by atoms with E-state index in [1.165, 1.54) is 33.7 Å². The zero-order chi connectivity index (χ0) is 30.9. The SMILES string of the molecule is CC1=CCCC(C)=C1n1cnc(-c2cccc(N(c3ccccc3)c3cccc(-c4cn(-c5c(C)cccc5C)cn4)c3)c2)c1. The number of aryl methyl sites for hydroxylation is 2. The van der Waals surface area contributed by atoms with Crippen molar-refractivity contribution >= 4 is 22.8 Å². The van der Waals surface area contributed by atoms with Crippen molar-refractivity contribution in [2.24, 2.45) is 0 Å². The lowest BCUT2D eigenvalue weighted by Gasteiger charge is -2.26. The minimum Gasteiger partial charge on any atom is -0.310 e. The van der Waals surface area contributed by atoms with E-state index < -0.39 is 0 Å². The van der Waals surface area contributed by atoms with E-state index in [2.05, 4.69) is 157 Å². The molecule has 0 aliphatic heterocycles. The van der Waals surface area contributed by atoms with E-state index in [9.17, 15) is 0 Å². The molecule has 4 aromatic carbocycles. The molecule has 0 atom stereocenters. The molecule has 0 spiro atoms. The van der Waals surface area contributed by atoms with E-state index >= 15 is 0 Å². The number of rotatable bonds is 7. The molecule has 0 fully saturated rings. The van der Waals surface area contributed by atoms with Crippen LogP contribution >= 0.6 is 0 Å². The van der Waals surface area contributed by atoms with Crippen LogP contribution in [0.5, 0.6) is 0 Å². The van der Waals surface area contributed by atoms with Gasteiger partial charge in [-0.25, -0.2) is 9.97 Å². The Kier molecular flexibility index (Phi) is 7.52. The number of allylic oxidation sites excluding steroid dienone is 4. The number of hydrogen-bond acceptors (Lipinski definition) is 3. The number of anilines is 3. The maximum atomic E-state index is 4.84. The monoisotopic (exact) mass is 587 g/mol. The summed E-state index contributed by atoms with van der Waals surface area (Å²) >= 11 is 0. The van der Waals surface area contributed by atoms with Gasteiger partial charge in [0.25, 0.3) is 0 Å². The van der Waals surface area contributed by atoms with Gasteiger partial charge in [-0.05, 0) is 99.2 Å². The summed E-state index contributed by atoms with van der Waals surface area (Å²) in [7, 11) is 0. The molecule has 6 aromatic rings. The number of para-hydroxylation sites is 2. The van der Waals surface area contributed by atoms with Gasteiger partial charge in [0.1, 0.15) is 0 Å². The van der Waals surface area contributed by atoms with Gasteiger partial charge in [0.05, 0.1) is 29.7 Å². The largest absolute Gasteiger partial charge is 0.310 e. The fourth-order valence-electron chi connectivity index (χ4n) is 6.52. The van der Waals surface area contributed by atoms with Crippen molar-refractivity contribution in [1.29, 1.82) is 0 Å². The Hall–Kier alpha value is -5.42. The molecule has 1 aliphatic rings.